The lowest BCUT2D eigenvalue weighted by molar-refractivity contribution is -0.116. The van der Waals surface area contributed by atoms with Crippen LogP contribution < -0.4 is 9.64 Å². The van der Waals surface area contributed by atoms with Gasteiger partial charge in [0.2, 0.25) is 5.91 Å². The number of nitrogens with zero attached hydrogens (tertiary/aromatic N) is 3. The third-order valence-electron chi connectivity index (χ3n) is 4.14. The number of amides is 1. The molecule has 3 aromatic rings. The predicted octanol–water partition coefficient (Wildman–Crippen LogP) is 5.46. The monoisotopic (exact) mass is 485 g/mol. The number of hydrogen-bond donors (Lipinski definition) is 0. The number of rotatable bonds is 9. The Morgan fingerprint density at radius 3 is 2.57 bits per heavy atom. The molecule has 3 rings (SSSR count). The van der Waals surface area contributed by atoms with Crippen LogP contribution in [0.4, 0.5) is 5.13 Å². The highest BCUT2D eigenvalue weighted by atomic mass is 35.5. The summed E-state index contributed by atoms with van der Waals surface area (Å²) in [4.78, 5) is 22.6. The molecule has 0 aliphatic rings. The molecule has 0 atom stereocenters. The van der Waals surface area contributed by atoms with E-state index < -0.39 is 0 Å². The first-order valence-electron chi connectivity index (χ1n) is 9.33. The van der Waals surface area contributed by atoms with Gasteiger partial charge in [-0.2, -0.15) is 0 Å². The Morgan fingerprint density at radius 1 is 1.17 bits per heavy atom. The minimum atomic E-state index is 0. The SMILES string of the molecule is CCOc1ccc2nc(N(CCN(C)C)C(=O)CSc3ccc(Cl)cc3)sc2c1.Cl. The van der Waals surface area contributed by atoms with Crippen LogP contribution in [-0.2, 0) is 4.79 Å². The maximum atomic E-state index is 13.0. The number of fused-ring (bicyclic) bond motifs is 1. The minimum absolute atomic E-state index is 0. The molecule has 0 radical (unpaired) electrons. The molecule has 162 valence electrons. The molecule has 2 aromatic carbocycles. The quantitative estimate of drug-likeness (QED) is 0.376. The minimum Gasteiger partial charge on any atom is -0.494 e. The van der Waals surface area contributed by atoms with Gasteiger partial charge in [-0.3, -0.25) is 9.69 Å². The van der Waals surface area contributed by atoms with Crippen LogP contribution in [0.2, 0.25) is 5.02 Å². The molecule has 1 amide bonds. The summed E-state index contributed by atoms with van der Waals surface area (Å²) < 4.78 is 6.60. The number of hydrogen-bond acceptors (Lipinski definition) is 6. The number of carbonyl (C=O) groups is 1. The van der Waals surface area contributed by atoms with Crippen molar-refractivity contribution in [3.05, 3.63) is 47.5 Å². The van der Waals surface area contributed by atoms with Crippen molar-refractivity contribution in [2.45, 2.75) is 11.8 Å². The molecule has 1 aromatic heterocycles. The van der Waals surface area contributed by atoms with Gasteiger partial charge in [-0.15, -0.1) is 24.2 Å². The maximum absolute atomic E-state index is 13.0. The maximum Gasteiger partial charge on any atom is 0.239 e. The van der Waals surface area contributed by atoms with E-state index in [-0.39, 0.29) is 18.3 Å². The summed E-state index contributed by atoms with van der Waals surface area (Å²) in [5.41, 5.74) is 0.876. The molecule has 1 heterocycles. The number of halogens is 2. The smallest absolute Gasteiger partial charge is 0.239 e. The van der Waals surface area contributed by atoms with Gasteiger partial charge in [0.15, 0.2) is 5.13 Å². The number of carbonyl (C=O) groups excluding carboxylic acids is 1. The molecule has 30 heavy (non-hydrogen) atoms. The van der Waals surface area contributed by atoms with Crippen LogP contribution in [0.1, 0.15) is 6.92 Å². The third-order valence-corrected chi connectivity index (χ3v) is 6.43. The second-order valence-electron chi connectivity index (χ2n) is 6.65. The van der Waals surface area contributed by atoms with E-state index in [1.54, 1.807) is 4.90 Å². The van der Waals surface area contributed by atoms with E-state index in [1.807, 2.05) is 63.5 Å². The second-order valence-corrected chi connectivity index (χ2v) is 9.14. The van der Waals surface area contributed by atoms with Gasteiger partial charge in [0.1, 0.15) is 5.75 Å². The first-order chi connectivity index (χ1) is 14.0. The number of anilines is 1. The molecular weight excluding hydrogens is 461 g/mol. The first-order valence-corrected chi connectivity index (χ1v) is 11.5. The van der Waals surface area contributed by atoms with Crippen LogP contribution in [-0.4, -0.2) is 55.3 Å². The van der Waals surface area contributed by atoms with Gasteiger partial charge in [-0.25, -0.2) is 4.98 Å². The zero-order valence-corrected chi connectivity index (χ0v) is 20.3. The lowest BCUT2D eigenvalue weighted by atomic mass is 10.3. The van der Waals surface area contributed by atoms with Gasteiger partial charge in [-0.05, 0) is 63.5 Å². The van der Waals surface area contributed by atoms with Crippen LogP contribution >= 0.6 is 47.1 Å². The van der Waals surface area contributed by atoms with Crippen molar-refractivity contribution in [1.82, 2.24) is 9.88 Å². The second kappa shape index (κ2) is 11.8. The van der Waals surface area contributed by atoms with Gasteiger partial charge < -0.3 is 9.64 Å². The fourth-order valence-corrected chi connectivity index (χ4v) is 4.58. The Hall–Kier alpha value is -1.51. The van der Waals surface area contributed by atoms with Crippen LogP contribution in [0.3, 0.4) is 0 Å². The van der Waals surface area contributed by atoms with Crippen LogP contribution in [0.5, 0.6) is 5.75 Å². The van der Waals surface area contributed by atoms with Crippen molar-refractivity contribution in [2.24, 2.45) is 0 Å². The van der Waals surface area contributed by atoms with Crippen molar-refractivity contribution >= 4 is 68.4 Å². The van der Waals surface area contributed by atoms with Crippen LogP contribution in [0.15, 0.2) is 47.4 Å². The summed E-state index contributed by atoms with van der Waals surface area (Å²) in [5, 5.41) is 1.41. The van der Waals surface area contributed by atoms with E-state index in [1.165, 1.54) is 23.1 Å². The molecule has 0 aliphatic carbocycles. The number of likely N-dealkylation sites (N-methyl/N-ethyl adjacent to an activating group) is 1. The Balaban J connectivity index is 0.00000320. The fourth-order valence-electron chi connectivity index (χ4n) is 2.65. The predicted molar refractivity (Wildman–Crippen MR) is 131 cm³/mol. The zero-order valence-electron chi connectivity index (χ0n) is 17.1. The molecule has 0 N–H and O–H groups in total. The van der Waals surface area contributed by atoms with E-state index >= 15 is 0 Å². The average molecular weight is 486 g/mol. The summed E-state index contributed by atoms with van der Waals surface area (Å²) in [5.74, 6) is 1.20. The van der Waals surface area contributed by atoms with Crippen molar-refractivity contribution in [3.8, 4) is 5.75 Å². The molecule has 0 saturated heterocycles. The molecule has 5 nitrogen and oxygen atoms in total. The summed E-state index contributed by atoms with van der Waals surface area (Å²) in [6.45, 7) is 3.93. The first kappa shape index (κ1) is 24.8. The Labute approximate surface area is 196 Å². The number of benzene rings is 2. The van der Waals surface area contributed by atoms with Gasteiger partial charge in [-0.1, -0.05) is 22.9 Å². The lowest BCUT2D eigenvalue weighted by Crippen LogP contribution is -2.37. The topological polar surface area (TPSA) is 45.7 Å². The number of thiazole rings is 1. The number of thioether (sulfide) groups is 1. The van der Waals surface area contributed by atoms with E-state index in [2.05, 4.69) is 4.90 Å². The molecule has 0 unspecified atom stereocenters. The molecule has 0 fully saturated rings. The summed E-state index contributed by atoms with van der Waals surface area (Å²) in [6.07, 6.45) is 0. The molecule has 0 spiro atoms. The van der Waals surface area contributed by atoms with Crippen molar-refractivity contribution in [1.29, 1.82) is 0 Å². The normalized spacial score (nSPS) is 10.8. The average Bonchev–Trinajstić information content (AvgIpc) is 3.10. The van der Waals surface area contributed by atoms with Gasteiger partial charge in [0, 0.05) is 23.0 Å². The Morgan fingerprint density at radius 2 is 1.90 bits per heavy atom. The van der Waals surface area contributed by atoms with E-state index in [0.29, 0.717) is 23.9 Å². The highest BCUT2D eigenvalue weighted by molar-refractivity contribution is 8.00. The summed E-state index contributed by atoms with van der Waals surface area (Å²) >= 11 is 8.96. The van der Waals surface area contributed by atoms with Gasteiger partial charge >= 0.3 is 0 Å². The van der Waals surface area contributed by atoms with Gasteiger partial charge in [0.25, 0.3) is 0 Å². The van der Waals surface area contributed by atoms with Crippen LogP contribution in [0, 0.1) is 0 Å². The van der Waals surface area contributed by atoms with Crippen molar-refractivity contribution in [2.75, 3.05) is 44.4 Å². The van der Waals surface area contributed by atoms with E-state index in [0.717, 1.165) is 32.5 Å². The Kier molecular flexibility index (Phi) is 9.71. The van der Waals surface area contributed by atoms with Gasteiger partial charge in [0.05, 0.1) is 22.6 Å². The van der Waals surface area contributed by atoms with Crippen LogP contribution in [0.25, 0.3) is 10.2 Å². The van der Waals surface area contributed by atoms with Crippen molar-refractivity contribution in [3.63, 3.8) is 0 Å². The highest BCUT2D eigenvalue weighted by Gasteiger charge is 2.20. The standard InChI is InChI=1S/C21H24ClN3O2S2.ClH/c1-4-27-16-7-10-18-19(13-16)29-21(23-18)25(12-11-24(2)3)20(26)14-28-17-8-5-15(22)6-9-17;/h5-10,13H,4,11-12,14H2,1-3H3;1H. The van der Waals surface area contributed by atoms with E-state index in [4.69, 9.17) is 21.3 Å². The molecule has 9 heteroatoms. The number of ether oxygens (including phenoxy) is 1. The Bertz CT molecular complexity index is 965. The molecule has 0 bridgehead atoms. The number of aromatic nitrogens is 1. The third kappa shape index (κ3) is 6.75. The summed E-state index contributed by atoms with van der Waals surface area (Å²) in [7, 11) is 4.00. The lowest BCUT2D eigenvalue weighted by Gasteiger charge is -2.21. The largest absolute Gasteiger partial charge is 0.494 e. The molecule has 0 saturated carbocycles. The molecular formula is C21H25Cl2N3O2S2. The highest BCUT2D eigenvalue weighted by Crippen LogP contribution is 2.32. The van der Waals surface area contributed by atoms with Crippen molar-refractivity contribution < 1.29 is 9.53 Å². The fraction of sp³-hybridized carbons (Fsp3) is 0.333. The summed E-state index contributed by atoms with van der Waals surface area (Å²) in [6, 6.07) is 13.4. The molecule has 0 aliphatic heterocycles. The zero-order chi connectivity index (χ0) is 20.8. The van der Waals surface area contributed by atoms with E-state index in [9.17, 15) is 4.79 Å².